The van der Waals surface area contributed by atoms with Crippen LogP contribution in [0, 0.1) is 6.92 Å². The van der Waals surface area contributed by atoms with E-state index in [1.165, 1.54) is 6.08 Å². The molecule has 0 aliphatic carbocycles. The number of aryl methyl sites for hydroxylation is 1. The van der Waals surface area contributed by atoms with E-state index in [4.69, 9.17) is 17.0 Å². The molecule has 0 saturated heterocycles. The molecule has 0 atom stereocenters. The Kier molecular flexibility index (Phi) is 6.22. The number of thiocarbonyl (C=S) groups is 1. The highest BCUT2D eigenvalue weighted by Crippen LogP contribution is 2.25. The second-order valence-electron chi connectivity index (χ2n) is 5.48. The molecule has 1 N–H and O–H groups in total. The van der Waals surface area contributed by atoms with Crippen molar-refractivity contribution in [1.29, 1.82) is 0 Å². The van der Waals surface area contributed by atoms with Gasteiger partial charge in [-0.2, -0.15) is 0 Å². The maximum Gasteiger partial charge on any atom is 0.191 e. The number of anilines is 1. The minimum atomic E-state index is -0.316. The van der Waals surface area contributed by atoms with E-state index in [0.717, 1.165) is 5.56 Å². The van der Waals surface area contributed by atoms with Gasteiger partial charge in [-0.05, 0) is 43.3 Å². The fourth-order valence-electron chi connectivity index (χ4n) is 2.29. The van der Waals surface area contributed by atoms with E-state index < -0.39 is 0 Å². The predicted molar refractivity (Wildman–Crippen MR) is 109 cm³/mol. The molecule has 0 unspecified atom stereocenters. The molecule has 0 bridgehead atoms. The number of allylic oxidation sites excluding steroid dienone is 1. The number of methoxy groups -OCH3 is 1. The SMILES string of the molecule is COc1ccc(C(O)=CC(=O)c2cc(C)ccc2N(C)C(=S)S)cc1. The minimum absolute atomic E-state index is 0.115. The van der Waals surface area contributed by atoms with Gasteiger partial charge < -0.3 is 14.7 Å². The zero-order valence-corrected chi connectivity index (χ0v) is 15.9. The van der Waals surface area contributed by atoms with Gasteiger partial charge in [-0.25, -0.2) is 0 Å². The van der Waals surface area contributed by atoms with Gasteiger partial charge in [-0.3, -0.25) is 4.79 Å². The van der Waals surface area contributed by atoms with Crippen molar-refractivity contribution in [2.24, 2.45) is 0 Å². The van der Waals surface area contributed by atoms with Gasteiger partial charge in [0.25, 0.3) is 0 Å². The number of hydrogen-bond donors (Lipinski definition) is 2. The Morgan fingerprint density at radius 3 is 2.44 bits per heavy atom. The van der Waals surface area contributed by atoms with Crippen LogP contribution < -0.4 is 9.64 Å². The van der Waals surface area contributed by atoms with Crippen LogP contribution in [0.5, 0.6) is 5.75 Å². The second kappa shape index (κ2) is 8.18. The summed E-state index contributed by atoms with van der Waals surface area (Å²) in [6.07, 6.45) is 1.20. The van der Waals surface area contributed by atoms with Crippen molar-refractivity contribution in [2.45, 2.75) is 6.92 Å². The molecule has 6 heteroatoms. The van der Waals surface area contributed by atoms with Crippen molar-refractivity contribution in [3.63, 3.8) is 0 Å². The largest absolute Gasteiger partial charge is 0.507 e. The number of aliphatic hydroxyl groups is 1. The zero-order valence-electron chi connectivity index (χ0n) is 14.2. The van der Waals surface area contributed by atoms with Gasteiger partial charge in [0, 0.05) is 24.3 Å². The Balaban J connectivity index is 2.39. The number of ether oxygens (including phenoxy) is 1. The fourth-order valence-corrected chi connectivity index (χ4v) is 2.50. The van der Waals surface area contributed by atoms with E-state index in [0.29, 0.717) is 26.9 Å². The van der Waals surface area contributed by atoms with Crippen molar-refractivity contribution >= 4 is 46.4 Å². The van der Waals surface area contributed by atoms with Crippen LogP contribution in [0.1, 0.15) is 21.5 Å². The van der Waals surface area contributed by atoms with Gasteiger partial charge in [0.15, 0.2) is 5.78 Å². The van der Waals surface area contributed by atoms with E-state index in [1.54, 1.807) is 49.4 Å². The molecule has 2 aromatic carbocycles. The van der Waals surface area contributed by atoms with E-state index in [-0.39, 0.29) is 11.5 Å². The highest BCUT2D eigenvalue weighted by Gasteiger charge is 2.15. The molecule has 0 amide bonds. The molecule has 0 radical (unpaired) electrons. The van der Waals surface area contributed by atoms with E-state index in [1.807, 2.05) is 19.1 Å². The van der Waals surface area contributed by atoms with Crippen molar-refractivity contribution in [2.75, 3.05) is 19.1 Å². The number of nitrogens with zero attached hydrogens (tertiary/aromatic N) is 1. The van der Waals surface area contributed by atoms with Crippen LogP contribution in [0.4, 0.5) is 5.69 Å². The number of ketones is 1. The molecule has 0 aliphatic heterocycles. The van der Waals surface area contributed by atoms with Crippen molar-refractivity contribution in [1.82, 2.24) is 0 Å². The summed E-state index contributed by atoms with van der Waals surface area (Å²) in [5.74, 6) is 0.243. The van der Waals surface area contributed by atoms with Gasteiger partial charge in [-0.15, -0.1) is 12.6 Å². The molecular weight excluding hydrogens is 354 g/mol. The first-order chi connectivity index (χ1) is 11.8. The third-order valence-electron chi connectivity index (χ3n) is 3.72. The summed E-state index contributed by atoms with van der Waals surface area (Å²) in [5, 5.41) is 10.3. The molecule has 0 spiro atoms. The fraction of sp³-hybridized carbons (Fsp3) is 0.158. The summed E-state index contributed by atoms with van der Waals surface area (Å²) in [6.45, 7) is 1.90. The number of aliphatic hydroxyl groups excluding tert-OH is 1. The van der Waals surface area contributed by atoms with Gasteiger partial charge >= 0.3 is 0 Å². The van der Waals surface area contributed by atoms with Crippen LogP contribution in [0.15, 0.2) is 48.5 Å². The second-order valence-corrected chi connectivity index (χ2v) is 6.60. The average Bonchev–Trinajstić information content (AvgIpc) is 2.60. The molecule has 2 aromatic rings. The molecule has 0 aliphatic rings. The lowest BCUT2D eigenvalue weighted by Gasteiger charge is -2.20. The topological polar surface area (TPSA) is 49.8 Å². The van der Waals surface area contributed by atoms with Gasteiger partial charge in [0.1, 0.15) is 15.8 Å². The summed E-state index contributed by atoms with van der Waals surface area (Å²) in [6, 6.07) is 12.3. The van der Waals surface area contributed by atoms with Crippen LogP contribution in [0.2, 0.25) is 0 Å². The zero-order chi connectivity index (χ0) is 18.6. The first-order valence-corrected chi connectivity index (χ1v) is 8.35. The van der Waals surface area contributed by atoms with Crippen LogP contribution >= 0.6 is 24.8 Å². The van der Waals surface area contributed by atoms with Crippen molar-refractivity contribution in [3.8, 4) is 5.75 Å². The molecule has 130 valence electrons. The molecule has 0 saturated carbocycles. The molecule has 4 nitrogen and oxygen atoms in total. The van der Waals surface area contributed by atoms with Gasteiger partial charge in [-0.1, -0.05) is 23.8 Å². The lowest BCUT2D eigenvalue weighted by Crippen LogP contribution is -2.22. The Bertz CT molecular complexity index is 829. The number of benzene rings is 2. The standard InChI is InChI=1S/C19H19NO3S2/c1-12-4-9-16(20(2)19(24)25)15(10-12)18(22)11-17(21)13-5-7-14(23-3)8-6-13/h4-11,21H,1-3H3,(H,24,25). The summed E-state index contributed by atoms with van der Waals surface area (Å²) < 4.78 is 5.43. The molecule has 25 heavy (non-hydrogen) atoms. The summed E-state index contributed by atoms with van der Waals surface area (Å²) >= 11 is 9.23. The molecule has 2 rings (SSSR count). The average molecular weight is 373 g/mol. The number of rotatable bonds is 5. The molecule has 0 fully saturated rings. The lowest BCUT2D eigenvalue weighted by atomic mass is 10.0. The van der Waals surface area contributed by atoms with Crippen LogP contribution in [0.3, 0.4) is 0 Å². The lowest BCUT2D eigenvalue weighted by molar-refractivity contribution is 0.104. The highest BCUT2D eigenvalue weighted by atomic mass is 32.1. The van der Waals surface area contributed by atoms with Crippen LogP contribution in [-0.2, 0) is 0 Å². The van der Waals surface area contributed by atoms with E-state index in [9.17, 15) is 9.90 Å². The van der Waals surface area contributed by atoms with E-state index in [2.05, 4.69) is 12.6 Å². The van der Waals surface area contributed by atoms with Gasteiger partial charge in [0.05, 0.1) is 12.8 Å². The Hall–Kier alpha value is -2.31. The Morgan fingerprint density at radius 1 is 1.24 bits per heavy atom. The number of carbonyl (C=O) groups is 1. The van der Waals surface area contributed by atoms with Crippen LogP contribution in [0.25, 0.3) is 5.76 Å². The van der Waals surface area contributed by atoms with Crippen LogP contribution in [-0.4, -0.2) is 29.4 Å². The number of hydrogen-bond acceptors (Lipinski definition) is 4. The first kappa shape index (κ1) is 19.0. The monoisotopic (exact) mass is 373 g/mol. The molecular formula is C19H19NO3S2. The smallest absolute Gasteiger partial charge is 0.191 e. The maximum atomic E-state index is 12.7. The van der Waals surface area contributed by atoms with E-state index >= 15 is 0 Å². The maximum absolute atomic E-state index is 12.7. The quantitative estimate of drug-likeness (QED) is 0.267. The number of thiol groups is 1. The normalized spacial score (nSPS) is 11.1. The summed E-state index contributed by atoms with van der Waals surface area (Å²) in [7, 11) is 3.31. The Labute approximate surface area is 158 Å². The number of carbonyl (C=O) groups excluding carboxylic acids is 1. The van der Waals surface area contributed by atoms with Crippen molar-refractivity contribution in [3.05, 3.63) is 65.2 Å². The van der Waals surface area contributed by atoms with Gasteiger partial charge in [0.2, 0.25) is 0 Å². The third-order valence-corrected chi connectivity index (χ3v) is 4.29. The summed E-state index contributed by atoms with van der Waals surface area (Å²) in [4.78, 5) is 14.3. The third kappa shape index (κ3) is 4.61. The first-order valence-electron chi connectivity index (χ1n) is 7.50. The molecule has 0 aromatic heterocycles. The minimum Gasteiger partial charge on any atom is -0.507 e. The highest BCUT2D eigenvalue weighted by molar-refractivity contribution is 8.11. The van der Waals surface area contributed by atoms with Crippen molar-refractivity contribution < 1.29 is 14.6 Å². The molecule has 0 heterocycles. The Morgan fingerprint density at radius 2 is 1.88 bits per heavy atom. The predicted octanol–water partition coefficient (Wildman–Crippen LogP) is 4.44. The summed E-state index contributed by atoms with van der Waals surface area (Å²) in [5.41, 5.74) is 2.54.